The van der Waals surface area contributed by atoms with E-state index in [1.165, 1.54) is 18.6 Å². The van der Waals surface area contributed by atoms with Crippen LogP contribution in [0, 0.1) is 11.8 Å². The standard InChI is InChI=1S/C25H33F3N4OS/c1-16-24(33-15-29-16)17(2)30-31-18(3)34-12-4-11-32-13-20-7-10-22(23(20)14-32)19-5-8-21(9-6-19)25(26,27)28/h5-6,8-9,20,22-23,30H,4,7,10-15H2,1-3H3/b24-17?,31-18+/t20-,22?,23+/m1/s1. The molecule has 3 atom stereocenters. The molecule has 2 fully saturated rings. The van der Waals surface area contributed by atoms with E-state index in [4.69, 9.17) is 4.74 Å². The fraction of sp³-hybridized carbons (Fsp3) is 0.600. The average molecular weight is 495 g/mol. The van der Waals surface area contributed by atoms with Gasteiger partial charge in [-0.2, -0.15) is 18.3 Å². The number of allylic oxidation sites excluding steroid dienone is 2. The summed E-state index contributed by atoms with van der Waals surface area (Å²) < 4.78 is 44.1. The second kappa shape index (κ2) is 10.7. The predicted molar refractivity (Wildman–Crippen MR) is 132 cm³/mol. The minimum Gasteiger partial charge on any atom is -0.468 e. The fourth-order valence-electron chi connectivity index (χ4n) is 5.38. The molecule has 1 aromatic carbocycles. The van der Waals surface area contributed by atoms with Gasteiger partial charge in [0.15, 0.2) is 12.5 Å². The molecular formula is C25H33F3N4OS. The molecule has 0 aromatic heterocycles. The summed E-state index contributed by atoms with van der Waals surface area (Å²) >= 11 is 1.74. The third-order valence-electron chi connectivity index (χ3n) is 7.09. The second-order valence-corrected chi connectivity index (χ2v) is 10.7. The number of hydrazone groups is 1. The Bertz CT molecular complexity index is 958. The third kappa shape index (κ3) is 5.97. The lowest BCUT2D eigenvalue weighted by atomic mass is 9.86. The minimum atomic E-state index is -4.27. The zero-order valence-electron chi connectivity index (χ0n) is 20.0. The Balaban J connectivity index is 1.20. The summed E-state index contributed by atoms with van der Waals surface area (Å²) in [5.74, 6) is 3.36. The molecule has 1 aliphatic carbocycles. The highest BCUT2D eigenvalue weighted by Gasteiger charge is 2.43. The molecule has 1 N–H and O–H groups in total. The highest BCUT2D eigenvalue weighted by atomic mass is 32.2. The number of benzene rings is 1. The number of nitrogens with zero attached hydrogens (tertiary/aromatic N) is 3. The minimum absolute atomic E-state index is 0.376. The van der Waals surface area contributed by atoms with Gasteiger partial charge in [-0.25, -0.2) is 4.99 Å². The number of thioether (sulfide) groups is 1. The molecular weight excluding hydrogens is 461 g/mol. The lowest BCUT2D eigenvalue weighted by molar-refractivity contribution is -0.137. The first-order valence-electron chi connectivity index (χ1n) is 11.9. The Morgan fingerprint density at radius 1 is 1.21 bits per heavy atom. The van der Waals surface area contributed by atoms with Crippen LogP contribution in [0.5, 0.6) is 0 Å². The quantitative estimate of drug-likeness (QED) is 0.223. The van der Waals surface area contributed by atoms with Gasteiger partial charge in [-0.15, -0.1) is 11.8 Å². The number of likely N-dealkylation sites (tertiary alicyclic amines) is 1. The molecule has 2 aliphatic heterocycles. The molecule has 1 saturated carbocycles. The predicted octanol–water partition coefficient (Wildman–Crippen LogP) is 5.86. The van der Waals surface area contributed by atoms with Crippen LogP contribution in [0.2, 0.25) is 0 Å². The zero-order chi connectivity index (χ0) is 24.3. The summed E-state index contributed by atoms with van der Waals surface area (Å²) in [5, 5.41) is 5.42. The first kappa shape index (κ1) is 25.1. The molecule has 4 rings (SSSR count). The van der Waals surface area contributed by atoms with E-state index in [2.05, 4.69) is 20.4 Å². The molecule has 186 valence electrons. The smallest absolute Gasteiger partial charge is 0.416 e. The van der Waals surface area contributed by atoms with Crippen LogP contribution in [-0.2, 0) is 10.9 Å². The van der Waals surface area contributed by atoms with Crippen molar-refractivity contribution >= 4 is 22.5 Å². The van der Waals surface area contributed by atoms with Gasteiger partial charge in [0.25, 0.3) is 0 Å². The van der Waals surface area contributed by atoms with Crippen LogP contribution in [0.15, 0.2) is 45.8 Å². The van der Waals surface area contributed by atoms with E-state index in [0.29, 0.717) is 24.5 Å². The Labute approximate surface area is 203 Å². The van der Waals surface area contributed by atoms with E-state index in [1.54, 1.807) is 23.9 Å². The Morgan fingerprint density at radius 2 is 1.97 bits per heavy atom. The Kier molecular flexibility index (Phi) is 7.92. The molecule has 1 aromatic rings. The molecule has 2 heterocycles. The SMILES string of the molecule is CC1=NCOC1=C(C)N/N=C(\C)SCCCN1C[C@H]2CCC(c3ccc(C(F)(F)F)cc3)[C@H]2C1. The van der Waals surface area contributed by atoms with Gasteiger partial charge in [-0.05, 0) is 82.0 Å². The lowest BCUT2D eigenvalue weighted by Crippen LogP contribution is -2.24. The van der Waals surface area contributed by atoms with E-state index >= 15 is 0 Å². The van der Waals surface area contributed by atoms with Gasteiger partial charge in [0.2, 0.25) is 0 Å². The summed E-state index contributed by atoms with van der Waals surface area (Å²) in [4.78, 5) is 6.75. The van der Waals surface area contributed by atoms with Crippen molar-refractivity contribution < 1.29 is 17.9 Å². The molecule has 0 spiro atoms. The maximum atomic E-state index is 12.9. The summed E-state index contributed by atoms with van der Waals surface area (Å²) in [6.07, 6.45) is -0.940. The molecule has 0 radical (unpaired) electrons. The number of fused-ring (bicyclic) bond motifs is 1. The molecule has 5 nitrogen and oxygen atoms in total. The van der Waals surface area contributed by atoms with Crippen molar-refractivity contribution in [1.29, 1.82) is 0 Å². The number of nitrogens with one attached hydrogen (secondary N) is 1. The Morgan fingerprint density at radius 3 is 2.65 bits per heavy atom. The van der Waals surface area contributed by atoms with E-state index in [-0.39, 0.29) is 0 Å². The van der Waals surface area contributed by atoms with Crippen molar-refractivity contribution in [2.75, 3.05) is 32.1 Å². The zero-order valence-corrected chi connectivity index (χ0v) is 20.8. The van der Waals surface area contributed by atoms with Crippen LogP contribution in [0.25, 0.3) is 0 Å². The maximum absolute atomic E-state index is 12.9. The van der Waals surface area contributed by atoms with Crippen LogP contribution in [-0.4, -0.2) is 47.8 Å². The number of alkyl halides is 3. The molecule has 3 aliphatic rings. The molecule has 1 unspecified atom stereocenters. The van der Waals surface area contributed by atoms with Gasteiger partial charge >= 0.3 is 6.18 Å². The molecule has 1 saturated heterocycles. The number of aliphatic imine (C=N–C) groups is 1. The van der Waals surface area contributed by atoms with Crippen LogP contribution in [0.3, 0.4) is 0 Å². The summed E-state index contributed by atoms with van der Waals surface area (Å²) in [7, 11) is 0. The molecule has 0 amide bonds. The fourth-order valence-corrected chi connectivity index (χ4v) is 6.06. The highest BCUT2D eigenvalue weighted by molar-refractivity contribution is 8.13. The topological polar surface area (TPSA) is 49.2 Å². The third-order valence-corrected chi connectivity index (χ3v) is 8.09. The van der Waals surface area contributed by atoms with E-state index in [1.807, 2.05) is 20.8 Å². The number of rotatable bonds is 7. The van der Waals surface area contributed by atoms with E-state index in [0.717, 1.165) is 66.0 Å². The van der Waals surface area contributed by atoms with Gasteiger partial charge in [-0.3, -0.25) is 5.43 Å². The van der Waals surface area contributed by atoms with Crippen molar-refractivity contribution in [3.05, 3.63) is 46.8 Å². The van der Waals surface area contributed by atoms with Crippen molar-refractivity contribution in [2.24, 2.45) is 21.9 Å². The molecule has 0 bridgehead atoms. The molecule has 34 heavy (non-hydrogen) atoms. The van der Waals surface area contributed by atoms with E-state index < -0.39 is 11.7 Å². The number of hydrogen-bond donors (Lipinski definition) is 1. The number of halogens is 3. The van der Waals surface area contributed by atoms with Gasteiger partial charge in [-0.1, -0.05) is 12.1 Å². The average Bonchev–Trinajstić information content (AvgIpc) is 3.50. The number of hydrogen-bond acceptors (Lipinski definition) is 6. The van der Waals surface area contributed by atoms with Crippen LogP contribution in [0.1, 0.15) is 57.1 Å². The van der Waals surface area contributed by atoms with Crippen molar-refractivity contribution in [3.63, 3.8) is 0 Å². The monoisotopic (exact) mass is 494 g/mol. The van der Waals surface area contributed by atoms with Gasteiger partial charge in [0.1, 0.15) is 0 Å². The molecule has 9 heteroatoms. The number of ether oxygens (including phenoxy) is 1. The van der Waals surface area contributed by atoms with Gasteiger partial charge in [0, 0.05) is 18.8 Å². The van der Waals surface area contributed by atoms with Gasteiger partial charge in [0.05, 0.1) is 22.0 Å². The van der Waals surface area contributed by atoms with Crippen molar-refractivity contribution in [2.45, 2.75) is 52.1 Å². The normalized spacial score (nSPS) is 26.9. The lowest BCUT2D eigenvalue weighted by Gasteiger charge is -2.21. The summed E-state index contributed by atoms with van der Waals surface area (Å²) in [5.41, 5.74) is 5.32. The summed E-state index contributed by atoms with van der Waals surface area (Å²) in [6, 6.07) is 5.85. The van der Waals surface area contributed by atoms with E-state index in [9.17, 15) is 13.2 Å². The first-order chi connectivity index (χ1) is 16.2. The Hall–Kier alpha value is -2.00. The van der Waals surface area contributed by atoms with Crippen LogP contribution < -0.4 is 5.43 Å². The second-order valence-electron chi connectivity index (χ2n) is 9.40. The van der Waals surface area contributed by atoms with Crippen molar-refractivity contribution in [3.8, 4) is 0 Å². The highest BCUT2D eigenvalue weighted by Crippen LogP contribution is 2.47. The van der Waals surface area contributed by atoms with Crippen LogP contribution in [0.4, 0.5) is 13.2 Å². The maximum Gasteiger partial charge on any atom is 0.416 e. The van der Waals surface area contributed by atoms with Gasteiger partial charge < -0.3 is 9.64 Å². The first-order valence-corrected chi connectivity index (χ1v) is 12.9. The van der Waals surface area contributed by atoms with Crippen LogP contribution >= 0.6 is 11.8 Å². The van der Waals surface area contributed by atoms with Crippen molar-refractivity contribution in [1.82, 2.24) is 10.3 Å². The summed E-state index contributed by atoms with van der Waals surface area (Å²) in [6.45, 7) is 9.44. The largest absolute Gasteiger partial charge is 0.468 e.